The molecule has 1 rings (SSSR count). The number of benzene rings is 1. The van der Waals surface area contributed by atoms with Crippen molar-refractivity contribution in [3.8, 4) is 11.8 Å². The lowest BCUT2D eigenvalue weighted by Gasteiger charge is -2.10. The molecule has 0 bridgehead atoms. The van der Waals surface area contributed by atoms with Crippen molar-refractivity contribution in [3.05, 3.63) is 16.6 Å². The van der Waals surface area contributed by atoms with Crippen molar-refractivity contribution in [2.24, 2.45) is 0 Å². The first-order valence-electron chi connectivity index (χ1n) is 3.93. The average Bonchev–Trinajstić information content (AvgIpc) is 2.16. The highest BCUT2D eigenvalue weighted by Gasteiger charge is 2.06. The molecule has 0 atom stereocenters. The number of anilines is 2. The van der Waals surface area contributed by atoms with Crippen LogP contribution in [-0.2, 0) is 0 Å². The summed E-state index contributed by atoms with van der Waals surface area (Å²) in [4.78, 5) is 0. The Kier molecular flexibility index (Phi) is 3.60. The number of nitrogen functional groups attached to an aromatic ring is 1. The summed E-state index contributed by atoms with van der Waals surface area (Å²) >= 11 is 3.34. The Labute approximate surface area is 90.8 Å². The zero-order chi connectivity index (χ0) is 10.6. The minimum atomic E-state index is 0.217. The first kappa shape index (κ1) is 10.7. The number of nitrogens with zero attached hydrogens (tertiary/aromatic N) is 1. The highest BCUT2D eigenvalue weighted by Crippen LogP contribution is 2.33. The molecule has 0 saturated carbocycles. The van der Waals surface area contributed by atoms with E-state index in [1.807, 2.05) is 6.07 Å². The summed E-state index contributed by atoms with van der Waals surface area (Å²) in [6.07, 6.45) is 0. The van der Waals surface area contributed by atoms with E-state index in [0.717, 1.165) is 4.47 Å². The van der Waals surface area contributed by atoms with Crippen LogP contribution in [-0.4, -0.2) is 13.7 Å². The van der Waals surface area contributed by atoms with Crippen LogP contribution >= 0.6 is 15.9 Å². The number of halogens is 1. The summed E-state index contributed by atoms with van der Waals surface area (Å²) in [5.41, 5.74) is 7.02. The molecule has 0 aromatic heterocycles. The van der Waals surface area contributed by atoms with Gasteiger partial charge in [-0.1, -0.05) is 0 Å². The van der Waals surface area contributed by atoms with Crippen LogP contribution in [0.5, 0.6) is 5.75 Å². The quantitative estimate of drug-likeness (QED) is 0.640. The van der Waals surface area contributed by atoms with E-state index < -0.39 is 0 Å². The maximum Gasteiger partial charge on any atom is 0.122 e. The Morgan fingerprint density at radius 2 is 2.36 bits per heavy atom. The lowest BCUT2D eigenvalue weighted by molar-refractivity contribution is 0.415. The lowest BCUT2D eigenvalue weighted by Crippen LogP contribution is -2.03. The second-order valence-electron chi connectivity index (χ2n) is 2.59. The Bertz CT molecular complexity index is 350. The Balaban J connectivity index is 3.00. The van der Waals surface area contributed by atoms with Gasteiger partial charge in [0.1, 0.15) is 12.3 Å². The largest absolute Gasteiger partial charge is 0.497 e. The normalized spacial score (nSPS) is 9.21. The Morgan fingerprint density at radius 1 is 1.64 bits per heavy atom. The number of nitrogens with two attached hydrogens (primary N) is 1. The minimum Gasteiger partial charge on any atom is -0.497 e. The highest BCUT2D eigenvalue weighted by atomic mass is 79.9. The van der Waals surface area contributed by atoms with Gasteiger partial charge in [0.15, 0.2) is 0 Å². The Morgan fingerprint density at radius 3 is 2.86 bits per heavy atom. The molecule has 0 aliphatic carbocycles. The van der Waals surface area contributed by atoms with Crippen LogP contribution in [0.3, 0.4) is 0 Å². The van der Waals surface area contributed by atoms with Gasteiger partial charge in [0, 0.05) is 10.5 Å². The second-order valence-corrected chi connectivity index (χ2v) is 3.44. The number of hydrogen-bond donors (Lipinski definition) is 2. The van der Waals surface area contributed by atoms with Crippen LogP contribution in [0.15, 0.2) is 16.6 Å². The summed E-state index contributed by atoms with van der Waals surface area (Å²) in [6, 6.07) is 5.47. The van der Waals surface area contributed by atoms with Gasteiger partial charge in [-0.15, -0.1) is 0 Å². The maximum absolute atomic E-state index is 8.42. The molecule has 0 heterocycles. The molecule has 0 aliphatic heterocycles. The van der Waals surface area contributed by atoms with Crippen molar-refractivity contribution in [2.45, 2.75) is 0 Å². The molecular weight excluding hydrogens is 246 g/mol. The summed E-state index contributed by atoms with van der Waals surface area (Å²) in [7, 11) is 1.57. The van der Waals surface area contributed by atoms with Gasteiger partial charge < -0.3 is 15.8 Å². The molecular formula is C9H10BrN3O. The fourth-order valence-corrected chi connectivity index (χ4v) is 1.63. The molecule has 1 aromatic rings. The van der Waals surface area contributed by atoms with Crippen molar-refractivity contribution >= 4 is 27.3 Å². The van der Waals surface area contributed by atoms with Gasteiger partial charge in [-0.05, 0) is 22.0 Å². The maximum atomic E-state index is 8.42. The van der Waals surface area contributed by atoms with Gasteiger partial charge in [0.25, 0.3) is 0 Å². The van der Waals surface area contributed by atoms with Crippen molar-refractivity contribution in [1.29, 1.82) is 5.26 Å². The number of ether oxygens (including phenoxy) is 1. The molecule has 74 valence electrons. The molecule has 0 unspecified atom stereocenters. The van der Waals surface area contributed by atoms with Crippen LogP contribution in [0.1, 0.15) is 0 Å². The van der Waals surface area contributed by atoms with Gasteiger partial charge >= 0.3 is 0 Å². The van der Waals surface area contributed by atoms with Crippen molar-refractivity contribution < 1.29 is 4.74 Å². The van der Waals surface area contributed by atoms with Crippen LogP contribution in [0, 0.1) is 11.3 Å². The number of nitriles is 1. The third kappa shape index (κ3) is 2.30. The van der Waals surface area contributed by atoms with Gasteiger partial charge in [-0.2, -0.15) is 5.26 Å². The van der Waals surface area contributed by atoms with E-state index in [9.17, 15) is 0 Å². The van der Waals surface area contributed by atoms with Crippen molar-refractivity contribution in [1.82, 2.24) is 0 Å². The third-order valence-corrected chi connectivity index (χ3v) is 2.30. The smallest absolute Gasteiger partial charge is 0.122 e. The van der Waals surface area contributed by atoms with Crippen LogP contribution in [0.2, 0.25) is 0 Å². The predicted octanol–water partition coefficient (Wildman–Crippen LogP) is 1.98. The molecule has 3 N–H and O–H groups in total. The SMILES string of the molecule is COc1cc(N)c(NCC#N)c(Br)c1. The number of nitrogens with one attached hydrogen (secondary N) is 1. The predicted molar refractivity (Wildman–Crippen MR) is 59.2 cm³/mol. The van der Waals surface area contributed by atoms with Crippen molar-refractivity contribution in [2.75, 3.05) is 24.7 Å². The molecule has 0 radical (unpaired) electrons. The highest BCUT2D eigenvalue weighted by molar-refractivity contribution is 9.10. The van der Waals surface area contributed by atoms with Crippen LogP contribution in [0.4, 0.5) is 11.4 Å². The first-order chi connectivity index (χ1) is 6.69. The minimum absolute atomic E-state index is 0.217. The van der Waals surface area contributed by atoms with E-state index in [1.54, 1.807) is 19.2 Å². The molecule has 4 nitrogen and oxygen atoms in total. The van der Waals surface area contributed by atoms with Gasteiger partial charge in [0.2, 0.25) is 0 Å². The summed E-state index contributed by atoms with van der Waals surface area (Å²) in [5, 5.41) is 11.3. The van der Waals surface area contributed by atoms with Gasteiger partial charge in [-0.25, -0.2) is 0 Å². The molecule has 1 aromatic carbocycles. The zero-order valence-electron chi connectivity index (χ0n) is 7.67. The van der Waals surface area contributed by atoms with E-state index in [2.05, 4.69) is 21.2 Å². The molecule has 0 spiro atoms. The van der Waals surface area contributed by atoms with E-state index in [0.29, 0.717) is 17.1 Å². The fraction of sp³-hybridized carbons (Fsp3) is 0.222. The zero-order valence-corrected chi connectivity index (χ0v) is 9.26. The van der Waals surface area contributed by atoms with E-state index >= 15 is 0 Å². The van der Waals surface area contributed by atoms with Crippen molar-refractivity contribution in [3.63, 3.8) is 0 Å². The van der Waals surface area contributed by atoms with Crippen LogP contribution in [0.25, 0.3) is 0 Å². The summed E-state index contributed by atoms with van der Waals surface area (Å²) in [5.74, 6) is 0.678. The monoisotopic (exact) mass is 255 g/mol. The molecule has 14 heavy (non-hydrogen) atoms. The fourth-order valence-electron chi connectivity index (χ4n) is 1.03. The van der Waals surface area contributed by atoms with E-state index in [1.165, 1.54) is 0 Å². The van der Waals surface area contributed by atoms with E-state index in [-0.39, 0.29) is 6.54 Å². The topological polar surface area (TPSA) is 71.1 Å². The average molecular weight is 256 g/mol. The third-order valence-electron chi connectivity index (χ3n) is 1.67. The molecule has 0 aliphatic rings. The molecule has 5 heteroatoms. The first-order valence-corrected chi connectivity index (χ1v) is 4.72. The molecule has 0 amide bonds. The van der Waals surface area contributed by atoms with Crippen LogP contribution < -0.4 is 15.8 Å². The number of rotatable bonds is 3. The number of hydrogen-bond acceptors (Lipinski definition) is 4. The standard InChI is InChI=1S/C9H10BrN3O/c1-14-6-4-7(10)9(8(12)5-6)13-3-2-11/h4-5,13H,3,12H2,1H3. The summed E-state index contributed by atoms with van der Waals surface area (Å²) < 4.78 is 5.81. The molecule has 0 saturated heterocycles. The lowest BCUT2D eigenvalue weighted by atomic mass is 10.2. The van der Waals surface area contributed by atoms with Gasteiger partial charge in [-0.3, -0.25) is 0 Å². The van der Waals surface area contributed by atoms with Gasteiger partial charge in [0.05, 0.1) is 24.6 Å². The Hall–Kier alpha value is -1.41. The molecule has 0 fully saturated rings. The summed E-state index contributed by atoms with van der Waals surface area (Å²) in [6.45, 7) is 0.217. The van der Waals surface area contributed by atoms with E-state index in [4.69, 9.17) is 15.7 Å². The number of methoxy groups -OCH3 is 1. The second kappa shape index (κ2) is 4.72.